The first kappa shape index (κ1) is 13.6. The van der Waals surface area contributed by atoms with Crippen molar-refractivity contribution >= 4 is 5.69 Å². The van der Waals surface area contributed by atoms with E-state index in [4.69, 9.17) is 9.47 Å². The monoisotopic (exact) mass is 238 g/mol. The zero-order chi connectivity index (χ0) is 12.7. The van der Waals surface area contributed by atoms with Crippen LogP contribution in [0.15, 0.2) is 12.1 Å². The van der Waals surface area contributed by atoms with Gasteiger partial charge in [0.15, 0.2) is 0 Å². The van der Waals surface area contributed by atoms with Crippen molar-refractivity contribution in [1.82, 2.24) is 5.32 Å². The van der Waals surface area contributed by atoms with E-state index in [1.807, 2.05) is 19.1 Å². The van der Waals surface area contributed by atoms with E-state index in [1.165, 1.54) is 0 Å². The Morgan fingerprint density at radius 1 is 1.06 bits per heavy atom. The Balaban J connectivity index is 2.74. The lowest BCUT2D eigenvalue weighted by Crippen LogP contribution is -2.21. The molecule has 17 heavy (non-hydrogen) atoms. The highest BCUT2D eigenvalue weighted by Crippen LogP contribution is 2.32. The van der Waals surface area contributed by atoms with Crippen molar-refractivity contribution in [3.05, 3.63) is 17.7 Å². The number of benzene rings is 1. The SMILES string of the molecule is CCNCCNc1cc(OC)c(C)cc1OC. The molecule has 1 aromatic carbocycles. The predicted molar refractivity (Wildman–Crippen MR) is 71.3 cm³/mol. The standard InChI is InChI=1S/C13H22N2O2/c1-5-14-6-7-15-11-9-12(16-3)10(2)8-13(11)17-4/h8-9,14-15H,5-7H2,1-4H3. The van der Waals surface area contributed by atoms with Gasteiger partial charge in [0, 0.05) is 19.2 Å². The van der Waals surface area contributed by atoms with Gasteiger partial charge in [-0.2, -0.15) is 0 Å². The third kappa shape index (κ3) is 3.82. The number of rotatable bonds is 7. The summed E-state index contributed by atoms with van der Waals surface area (Å²) in [5.74, 6) is 1.72. The Morgan fingerprint density at radius 3 is 2.35 bits per heavy atom. The van der Waals surface area contributed by atoms with Crippen molar-refractivity contribution in [3.8, 4) is 11.5 Å². The second kappa shape index (κ2) is 7.01. The number of hydrogen-bond donors (Lipinski definition) is 2. The first-order valence-electron chi connectivity index (χ1n) is 5.90. The summed E-state index contributed by atoms with van der Waals surface area (Å²) in [6.45, 7) is 6.86. The first-order valence-corrected chi connectivity index (χ1v) is 5.90. The average molecular weight is 238 g/mol. The summed E-state index contributed by atoms with van der Waals surface area (Å²) in [5, 5.41) is 6.59. The molecule has 0 saturated heterocycles. The van der Waals surface area contributed by atoms with Gasteiger partial charge in [-0.15, -0.1) is 0 Å². The second-order valence-corrected chi connectivity index (χ2v) is 3.80. The molecule has 0 atom stereocenters. The van der Waals surface area contributed by atoms with E-state index >= 15 is 0 Å². The minimum atomic E-state index is 0.847. The van der Waals surface area contributed by atoms with E-state index in [9.17, 15) is 0 Å². The molecular weight excluding hydrogens is 216 g/mol. The summed E-state index contributed by atoms with van der Waals surface area (Å²) in [6.07, 6.45) is 0. The minimum absolute atomic E-state index is 0.847. The molecule has 0 amide bonds. The quantitative estimate of drug-likeness (QED) is 0.713. The van der Waals surface area contributed by atoms with Crippen LogP contribution < -0.4 is 20.1 Å². The third-order valence-electron chi connectivity index (χ3n) is 2.58. The smallest absolute Gasteiger partial charge is 0.142 e. The van der Waals surface area contributed by atoms with Gasteiger partial charge in [-0.25, -0.2) is 0 Å². The van der Waals surface area contributed by atoms with Gasteiger partial charge in [-0.3, -0.25) is 0 Å². The van der Waals surface area contributed by atoms with Gasteiger partial charge in [0.05, 0.1) is 19.9 Å². The lowest BCUT2D eigenvalue weighted by molar-refractivity contribution is 0.402. The van der Waals surface area contributed by atoms with Crippen LogP contribution in [0.4, 0.5) is 5.69 Å². The number of aryl methyl sites for hydroxylation is 1. The Kier molecular flexibility index (Phi) is 5.63. The second-order valence-electron chi connectivity index (χ2n) is 3.80. The molecule has 0 bridgehead atoms. The topological polar surface area (TPSA) is 42.5 Å². The van der Waals surface area contributed by atoms with Gasteiger partial charge in [-0.1, -0.05) is 6.92 Å². The Morgan fingerprint density at radius 2 is 1.76 bits per heavy atom. The molecule has 0 radical (unpaired) electrons. The molecule has 0 aliphatic heterocycles. The van der Waals surface area contributed by atoms with Crippen LogP contribution in [0.2, 0.25) is 0 Å². The molecule has 2 N–H and O–H groups in total. The number of methoxy groups -OCH3 is 2. The largest absolute Gasteiger partial charge is 0.496 e. The molecule has 0 aromatic heterocycles. The number of nitrogens with one attached hydrogen (secondary N) is 2. The van der Waals surface area contributed by atoms with Crippen LogP contribution in [0.1, 0.15) is 12.5 Å². The van der Waals surface area contributed by atoms with Crippen LogP contribution in [0.5, 0.6) is 11.5 Å². The van der Waals surface area contributed by atoms with Gasteiger partial charge in [0.1, 0.15) is 11.5 Å². The summed E-state index contributed by atoms with van der Waals surface area (Å²) in [6, 6.07) is 3.95. The fourth-order valence-corrected chi connectivity index (χ4v) is 1.65. The van der Waals surface area contributed by atoms with E-state index in [0.717, 1.165) is 42.4 Å². The average Bonchev–Trinajstić information content (AvgIpc) is 2.35. The van der Waals surface area contributed by atoms with Crippen molar-refractivity contribution in [2.24, 2.45) is 0 Å². The third-order valence-corrected chi connectivity index (χ3v) is 2.58. The number of ether oxygens (including phenoxy) is 2. The minimum Gasteiger partial charge on any atom is -0.496 e. The number of anilines is 1. The van der Waals surface area contributed by atoms with Crippen LogP contribution in [-0.4, -0.2) is 33.9 Å². The van der Waals surface area contributed by atoms with Crippen molar-refractivity contribution in [2.45, 2.75) is 13.8 Å². The molecule has 96 valence electrons. The highest BCUT2D eigenvalue weighted by molar-refractivity contribution is 5.62. The summed E-state index contributed by atoms with van der Waals surface area (Å²) in [5.41, 5.74) is 2.04. The normalized spacial score (nSPS) is 10.1. The van der Waals surface area contributed by atoms with Crippen LogP contribution in [0, 0.1) is 6.92 Å². The maximum atomic E-state index is 5.34. The number of hydrogen-bond acceptors (Lipinski definition) is 4. The molecule has 1 rings (SSSR count). The Hall–Kier alpha value is -1.42. The lowest BCUT2D eigenvalue weighted by atomic mass is 10.2. The van der Waals surface area contributed by atoms with Crippen molar-refractivity contribution in [3.63, 3.8) is 0 Å². The van der Waals surface area contributed by atoms with Crippen LogP contribution in [0.3, 0.4) is 0 Å². The Bertz CT molecular complexity index is 354. The van der Waals surface area contributed by atoms with E-state index in [2.05, 4.69) is 17.6 Å². The maximum Gasteiger partial charge on any atom is 0.142 e. The zero-order valence-electron chi connectivity index (χ0n) is 11.1. The van der Waals surface area contributed by atoms with Crippen LogP contribution in [-0.2, 0) is 0 Å². The van der Waals surface area contributed by atoms with Crippen LogP contribution in [0.25, 0.3) is 0 Å². The molecule has 0 saturated carbocycles. The molecule has 0 spiro atoms. The highest BCUT2D eigenvalue weighted by Gasteiger charge is 2.07. The van der Waals surface area contributed by atoms with Crippen LogP contribution >= 0.6 is 0 Å². The maximum absolute atomic E-state index is 5.34. The summed E-state index contributed by atoms with van der Waals surface area (Å²) >= 11 is 0. The van der Waals surface area contributed by atoms with Gasteiger partial charge in [-0.05, 0) is 25.1 Å². The number of likely N-dealkylation sites (N-methyl/N-ethyl adjacent to an activating group) is 1. The molecule has 0 unspecified atom stereocenters. The molecular formula is C13H22N2O2. The summed E-state index contributed by atoms with van der Waals surface area (Å²) in [4.78, 5) is 0. The van der Waals surface area contributed by atoms with Gasteiger partial charge in [0.2, 0.25) is 0 Å². The van der Waals surface area contributed by atoms with Gasteiger partial charge in [0.25, 0.3) is 0 Å². The van der Waals surface area contributed by atoms with Crippen molar-refractivity contribution in [1.29, 1.82) is 0 Å². The molecule has 0 heterocycles. The fourth-order valence-electron chi connectivity index (χ4n) is 1.65. The molecule has 0 aliphatic carbocycles. The van der Waals surface area contributed by atoms with E-state index < -0.39 is 0 Å². The fraction of sp³-hybridized carbons (Fsp3) is 0.538. The lowest BCUT2D eigenvalue weighted by Gasteiger charge is -2.14. The van der Waals surface area contributed by atoms with E-state index in [0.29, 0.717) is 0 Å². The predicted octanol–water partition coefficient (Wildman–Crippen LogP) is 2.03. The molecule has 0 fully saturated rings. The molecule has 1 aromatic rings. The van der Waals surface area contributed by atoms with Crippen molar-refractivity contribution < 1.29 is 9.47 Å². The summed E-state index contributed by atoms with van der Waals surface area (Å²) < 4.78 is 10.6. The zero-order valence-corrected chi connectivity index (χ0v) is 11.1. The molecule has 4 heteroatoms. The van der Waals surface area contributed by atoms with E-state index in [-0.39, 0.29) is 0 Å². The van der Waals surface area contributed by atoms with Crippen molar-refractivity contribution in [2.75, 3.05) is 39.2 Å². The summed E-state index contributed by atoms with van der Waals surface area (Å²) in [7, 11) is 3.36. The first-order chi connectivity index (χ1) is 8.22. The van der Waals surface area contributed by atoms with E-state index in [1.54, 1.807) is 14.2 Å². The Labute approximate surface area is 103 Å². The van der Waals surface area contributed by atoms with Gasteiger partial charge < -0.3 is 20.1 Å². The highest BCUT2D eigenvalue weighted by atomic mass is 16.5. The van der Waals surface area contributed by atoms with Gasteiger partial charge >= 0.3 is 0 Å². The molecule has 0 aliphatic rings. The molecule has 4 nitrogen and oxygen atoms in total.